The van der Waals surface area contributed by atoms with Gasteiger partial charge < -0.3 is 14.8 Å². The molecule has 16 heavy (non-hydrogen) atoms. The molecular formula is C12H16ClNO2. The minimum Gasteiger partial charge on any atom is -0.496 e. The molecule has 0 aromatic heterocycles. The molecule has 3 nitrogen and oxygen atoms in total. The van der Waals surface area contributed by atoms with Gasteiger partial charge in [0.05, 0.1) is 13.7 Å². The lowest BCUT2D eigenvalue weighted by molar-refractivity contribution is 0.189. The van der Waals surface area contributed by atoms with Crippen LogP contribution in [-0.2, 0) is 11.3 Å². The van der Waals surface area contributed by atoms with E-state index in [0.717, 1.165) is 37.5 Å². The van der Waals surface area contributed by atoms with Gasteiger partial charge in [-0.1, -0.05) is 17.7 Å². The van der Waals surface area contributed by atoms with Crippen LogP contribution in [0.1, 0.15) is 12.0 Å². The van der Waals surface area contributed by atoms with Gasteiger partial charge in [0.1, 0.15) is 5.75 Å². The molecule has 1 aromatic carbocycles. The lowest BCUT2D eigenvalue weighted by atomic mass is 10.2. The smallest absolute Gasteiger partial charge is 0.124 e. The summed E-state index contributed by atoms with van der Waals surface area (Å²) in [5.74, 6) is 0.832. The van der Waals surface area contributed by atoms with E-state index < -0.39 is 0 Å². The van der Waals surface area contributed by atoms with Crippen LogP contribution in [0.25, 0.3) is 0 Å². The normalized spacial score (nSPS) is 20.0. The summed E-state index contributed by atoms with van der Waals surface area (Å²) in [6, 6.07) is 6.17. The van der Waals surface area contributed by atoms with Crippen molar-refractivity contribution in [3.05, 3.63) is 28.8 Å². The molecule has 1 unspecified atom stereocenters. The second-order valence-corrected chi connectivity index (χ2v) is 4.33. The van der Waals surface area contributed by atoms with E-state index in [9.17, 15) is 0 Å². The highest BCUT2D eigenvalue weighted by molar-refractivity contribution is 6.30. The third-order valence-corrected chi connectivity index (χ3v) is 3.00. The van der Waals surface area contributed by atoms with Crippen LogP contribution in [0.15, 0.2) is 18.2 Å². The zero-order valence-electron chi connectivity index (χ0n) is 9.33. The minimum atomic E-state index is 0.459. The maximum absolute atomic E-state index is 5.90. The Morgan fingerprint density at radius 2 is 2.44 bits per heavy atom. The van der Waals surface area contributed by atoms with Crippen LogP contribution >= 0.6 is 11.6 Å². The van der Waals surface area contributed by atoms with Crippen molar-refractivity contribution in [2.75, 3.05) is 20.3 Å². The number of methoxy groups -OCH3 is 1. The first-order chi connectivity index (χ1) is 7.79. The molecule has 0 aliphatic carbocycles. The van der Waals surface area contributed by atoms with Crippen molar-refractivity contribution in [2.45, 2.75) is 19.0 Å². The van der Waals surface area contributed by atoms with Crippen molar-refractivity contribution >= 4 is 11.6 Å². The van der Waals surface area contributed by atoms with Gasteiger partial charge in [-0.15, -0.1) is 0 Å². The Morgan fingerprint density at radius 1 is 1.56 bits per heavy atom. The van der Waals surface area contributed by atoms with Crippen LogP contribution in [0.3, 0.4) is 0 Å². The fourth-order valence-electron chi connectivity index (χ4n) is 1.81. The highest BCUT2D eigenvalue weighted by Gasteiger charge is 2.15. The Morgan fingerprint density at radius 3 is 3.12 bits per heavy atom. The molecule has 0 bridgehead atoms. The lowest BCUT2D eigenvalue weighted by Crippen LogP contribution is -2.28. The second kappa shape index (κ2) is 5.53. The molecule has 1 aliphatic rings. The quantitative estimate of drug-likeness (QED) is 0.877. The maximum Gasteiger partial charge on any atom is 0.124 e. The fourth-order valence-corrected chi connectivity index (χ4v) is 1.98. The lowest BCUT2D eigenvalue weighted by Gasteiger charge is -2.13. The number of nitrogens with one attached hydrogen (secondary N) is 1. The third kappa shape index (κ3) is 2.88. The number of rotatable bonds is 4. The van der Waals surface area contributed by atoms with Gasteiger partial charge in [0.2, 0.25) is 0 Å². The van der Waals surface area contributed by atoms with Gasteiger partial charge in [0.25, 0.3) is 0 Å². The molecule has 1 atom stereocenters. The molecule has 88 valence electrons. The summed E-state index contributed by atoms with van der Waals surface area (Å²) >= 11 is 5.90. The summed E-state index contributed by atoms with van der Waals surface area (Å²) < 4.78 is 10.6. The Balaban J connectivity index is 1.97. The van der Waals surface area contributed by atoms with Crippen LogP contribution in [-0.4, -0.2) is 26.4 Å². The SMILES string of the molecule is COc1cc(Cl)ccc1CNC1CCOC1. The highest BCUT2D eigenvalue weighted by atomic mass is 35.5. The fraction of sp³-hybridized carbons (Fsp3) is 0.500. The van der Waals surface area contributed by atoms with Gasteiger partial charge in [-0.25, -0.2) is 0 Å². The van der Waals surface area contributed by atoms with E-state index in [1.165, 1.54) is 0 Å². The Bertz CT molecular complexity index is 351. The van der Waals surface area contributed by atoms with Crippen LogP contribution in [0, 0.1) is 0 Å². The first-order valence-corrected chi connectivity index (χ1v) is 5.81. The van der Waals surface area contributed by atoms with Crippen molar-refractivity contribution < 1.29 is 9.47 Å². The molecule has 2 rings (SSSR count). The Kier molecular flexibility index (Phi) is 4.04. The number of halogens is 1. The number of ether oxygens (including phenoxy) is 2. The summed E-state index contributed by atoms with van der Waals surface area (Å²) in [6.45, 7) is 2.44. The molecule has 1 saturated heterocycles. The average Bonchev–Trinajstić information content (AvgIpc) is 2.80. The van der Waals surface area contributed by atoms with Crippen LogP contribution in [0.2, 0.25) is 5.02 Å². The van der Waals surface area contributed by atoms with E-state index in [2.05, 4.69) is 5.32 Å². The van der Waals surface area contributed by atoms with E-state index in [-0.39, 0.29) is 0 Å². The molecule has 0 amide bonds. The first-order valence-electron chi connectivity index (χ1n) is 5.43. The predicted molar refractivity (Wildman–Crippen MR) is 64.1 cm³/mol. The van der Waals surface area contributed by atoms with E-state index >= 15 is 0 Å². The zero-order valence-corrected chi connectivity index (χ0v) is 10.1. The summed E-state index contributed by atoms with van der Waals surface area (Å²) in [6.07, 6.45) is 1.08. The molecule has 1 aromatic rings. The minimum absolute atomic E-state index is 0.459. The monoisotopic (exact) mass is 241 g/mol. The van der Waals surface area contributed by atoms with Gasteiger partial charge in [0.15, 0.2) is 0 Å². The Hall–Kier alpha value is -0.770. The molecule has 0 spiro atoms. The topological polar surface area (TPSA) is 30.5 Å². The molecule has 1 fully saturated rings. The van der Waals surface area contributed by atoms with Crippen LogP contribution < -0.4 is 10.1 Å². The van der Waals surface area contributed by atoms with Crippen molar-refractivity contribution in [1.82, 2.24) is 5.32 Å². The summed E-state index contributed by atoms with van der Waals surface area (Å²) in [7, 11) is 1.66. The van der Waals surface area contributed by atoms with Crippen LogP contribution in [0.5, 0.6) is 5.75 Å². The van der Waals surface area contributed by atoms with Crippen molar-refractivity contribution in [2.24, 2.45) is 0 Å². The summed E-state index contributed by atoms with van der Waals surface area (Å²) in [4.78, 5) is 0. The van der Waals surface area contributed by atoms with E-state index in [1.54, 1.807) is 7.11 Å². The Labute approximate surface area is 101 Å². The van der Waals surface area contributed by atoms with Crippen molar-refractivity contribution in [3.63, 3.8) is 0 Å². The van der Waals surface area contributed by atoms with Gasteiger partial charge in [-0.2, -0.15) is 0 Å². The van der Waals surface area contributed by atoms with E-state index in [4.69, 9.17) is 21.1 Å². The van der Waals surface area contributed by atoms with Gasteiger partial charge in [-0.3, -0.25) is 0 Å². The second-order valence-electron chi connectivity index (χ2n) is 3.90. The van der Waals surface area contributed by atoms with Gasteiger partial charge in [0, 0.05) is 29.8 Å². The largest absolute Gasteiger partial charge is 0.496 e. The molecule has 1 aliphatic heterocycles. The molecule has 4 heteroatoms. The van der Waals surface area contributed by atoms with Gasteiger partial charge in [-0.05, 0) is 18.6 Å². The van der Waals surface area contributed by atoms with E-state index in [0.29, 0.717) is 11.1 Å². The summed E-state index contributed by atoms with van der Waals surface area (Å²) in [5.41, 5.74) is 1.12. The molecule has 0 saturated carbocycles. The van der Waals surface area contributed by atoms with Crippen LogP contribution in [0.4, 0.5) is 0 Å². The highest BCUT2D eigenvalue weighted by Crippen LogP contribution is 2.23. The van der Waals surface area contributed by atoms with Crippen molar-refractivity contribution in [3.8, 4) is 5.75 Å². The molecule has 1 N–H and O–H groups in total. The number of benzene rings is 1. The summed E-state index contributed by atoms with van der Waals surface area (Å²) in [5, 5.41) is 4.14. The van der Waals surface area contributed by atoms with Gasteiger partial charge >= 0.3 is 0 Å². The molecular weight excluding hydrogens is 226 g/mol. The number of hydrogen-bond donors (Lipinski definition) is 1. The first kappa shape index (κ1) is 11.7. The molecule has 1 heterocycles. The van der Waals surface area contributed by atoms with Crippen molar-refractivity contribution in [1.29, 1.82) is 0 Å². The predicted octanol–water partition coefficient (Wildman–Crippen LogP) is 2.23. The third-order valence-electron chi connectivity index (χ3n) is 2.76. The number of hydrogen-bond acceptors (Lipinski definition) is 3. The maximum atomic E-state index is 5.90. The zero-order chi connectivity index (χ0) is 11.4. The average molecular weight is 242 g/mol. The standard InChI is InChI=1S/C12H16ClNO2/c1-15-12-6-10(13)3-2-9(12)7-14-11-4-5-16-8-11/h2-3,6,11,14H,4-5,7-8H2,1H3. The molecule has 0 radical (unpaired) electrons. The van der Waals surface area contributed by atoms with E-state index in [1.807, 2.05) is 18.2 Å².